The van der Waals surface area contributed by atoms with Gasteiger partial charge in [0.2, 0.25) is 5.91 Å². The van der Waals surface area contributed by atoms with Crippen LogP contribution in [0.2, 0.25) is 0 Å². The highest BCUT2D eigenvalue weighted by molar-refractivity contribution is 5.75. The van der Waals surface area contributed by atoms with E-state index in [2.05, 4.69) is 20.8 Å². The van der Waals surface area contributed by atoms with Gasteiger partial charge in [0.25, 0.3) is 0 Å². The van der Waals surface area contributed by atoms with Crippen molar-refractivity contribution in [2.75, 3.05) is 6.54 Å². The normalized spacial score (nSPS) is 23.0. The molecule has 1 aromatic rings. The third-order valence-electron chi connectivity index (χ3n) is 3.71. The average molecular weight is 281 g/mol. The first-order valence-corrected chi connectivity index (χ1v) is 7.27. The predicted molar refractivity (Wildman–Crippen MR) is 72.9 cm³/mol. The van der Waals surface area contributed by atoms with Crippen LogP contribution in [0.1, 0.15) is 51.3 Å². The molecule has 1 amide bonds. The minimum absolute atomic E-state index is 0.0840. The molecule has 2 rings (SSSR count). The van der Waals surface area contributed by atoms with Gasteiger partial charge in [0, 0.05) is 12.5 Å². The van der Waals surface area contributed by atoms with E-state index in [1.807, 2.05) is 13.8 Å². The van der Waals surface area contributed by atoms with Crippen molar-refractivity contribution in [2.45, 2.75) is 58.1 Å². The van der Waals surface area contributed by atoms with Gasteiger partial charge in [0.15, 0.2) is 5.82 Å². The molecule has 2 N–H and O–H groups in total. The molecule has 2 atom stereocenters. The van der Waals surface area contributed by atoms with Gasteiger partial charge in [-0.15, -0.1) is 5.10 Å². The van der Waals surface area contributed by atoms with Crippen molar-refractivity contribution in [2.24, 2.45) is 5.92 Å². The molecule has 7 heteroatoms. The third kappa shape index (κ3) is 4.00. The summed E-state index contributed by atoms with van der Waals surface area (Å²) in [5.41, 5.74) is 0. The van der Waals surface area contributed by atoms with Gasteiger partial charge in [-0.2, -0.15) is 0 Å². The van der Waals surface area contributed by atoms with Crippen LogP contribution in [-0.4, -0.2) is 43.9 Å². The van der Waals surface area contributed by atoms with E-state index in [0.29, 0.717) is 18.3 Å². The molecule has 0 bridgehead atoms. The quantitative estimate of drug-likeness (QED) is 0.818. The summed E-state index contributed by atoms with van der Waals surface area (Å²) in [4.78, 5) is 11.9. The number of aliphatic hydroxyl groups is 1. The van der Waals surface area contributed by atoms with Gasteiger partial charge >= 0.3 is 0 Å². The lowest BCUT2D eigenvalue weighted by Gasteiger charge is -2.25. The highest BCUT2D eigenvalue weighted by Crippen LogP contribution is 2.23. The average Bonchev–Trinajstić information content (AvgIpc) is 2.85. The van der Waals surface area contributed by atoms with Crippen LogP contribution in [0.4, 0.5) is 0 Å². The van der Waals surface area contributed by atoms with Crippen molar-refractivity contribution in [3.8, 4) is 0 Å². The number of carbonyl (C=O) groups is 1. The van der Waals surface area contributed by atoms with E-state index in [1.165, 1.54) is 4.68 Å². The number of hydrogen-bond donors (Lipinski definition) is 2. The molecule has 0 radical (unpaired) electrons. The van der Waals surface area contributed by atoms with Gasteiger partial charge < -0.3 is 10.4 Å². The Labute approximate surface area is 118 Å². The minimum atomic E-state index is -0.210. The summed E-state index contributed by atoms with van der Waals surface area (Å²) < 4.78 is 1.54. The Balaban J connectivity index is 1.79. The largest absolute Gasteiger partial charge is 0.393 e. The summed E-state index contributed by atoms with van der Waals surface area (Å²) in [6, 6.07) is 0. The summed E-state index contributed by atoms with van der Waals surface area (Å²) in [6.07, 6.45) is 3.55. The molecule has 1 aliphatic rings. The summed E-state index contributed by atoms with van der Waals surface area (Å²) in [5.74, 6) is 1.19. The maximum atomic E-state index is 11.9. The fourth-order valence-corrected chi connectivity index (χ4v) is 2.64. The number of rotatable bonds is 5. The van der Waals surface area contributed by atoms with Crippen LogP contribution in [0.25, 0.3) is 0 Å². The smallest absolute Gasteiger partial charge is 0.241 e. The number of tetrazole rings is 1. The van der Waals surface area contributed by atoms with Crippen LogP contribution < -0.4 is 5.32 Å². The van der Waals surface area contributed by atoms with Gasteiger partial charge in [-0.25, -0.2) is 4.68 Å². The molecule has 1 aromatic heterocycles. The van der Waals surface area contributed by atoms with Gasteiger partial charge in [-0.05, 0) is 35.6 Å². The van der Waals surface area contributed by atoms with Crippen LogP contribution >= 0.6 is 0 Å². The highest BCUT2D eigenvalue weighted by atomic mass is 16.3. The molecule has 1 saturated carbocycles. The van der Waals surface area contributed by atoms with Crippen molar-refractivity contribution in [3.63, 3.8) is 0 Å². The Hall–Kier alpha value is -1.50. The van der Waals surface area contributed by atoms with Crippen molar-refractivity contribution < 1.29 is 9.90 Å². The zero-order valence-electron chi connectivity index (χ0n) is 12.1. The number of aliphatic hydroxyl groups excluding tert-OH is 1. The Kier molecular flexibility index (Phi) is 5.05. The number of amides is 1. The number of hydrogen-bond acceptors (Lipinski definition) is 5. The van der Waals surface area contributed by atoms with E-state index < -0.39 is 0 Å². The van der Waals surface area contributed by atoms with Crippen LogP contribution in [0.3, 0.4) is 0 Å². The van der Waals surface area contributed by atoms with Crippen LogP contribution in [-0.2, 0) is 11.3 Å². The SMILES string of the molecule is CC(C)c1nnnn1CC(=O)NCC1CCCC(O)C1. The van der Waals surface area contributed by atoms with E-state index in [4.69, 9.17) is 0 Å². The molecule has 0 aliphatic heterocycles. The standard InChI is InChI=1S/C13H23N5O2/c1-9(2)13-15-16-17-18(13)8-12(20)14-7-10-4-3-5-11(19)6-10/h9-11,19H,3-8H2,1-2H3,(H,14,20). The van der Waals surface area contributed by atoms with Gasteiger partial charge in [-0.1, -0.05) is 20.3 Å². The summed E-state index contributed by atoms with van der Waals surface area (Å²) >= 11 is 0. The molecule has 0 spiro atoms. The van der Waals surface area contributed by atoms with E-state index in [-0.39, 0.29) is 24.5 Å². The maximum Gasteiger partial charge on any atom is 0.241 e. The van der Waals surface area contributed by atoms with Gasteiger partial charge in [-0.3, -0.25) is 4.79 Å². The summed E-state index contributed by atoms with van der Waals surface area (Å²) in [6.45, 7) is 4.75. The van der Waals surface area contributed by atoms with Crippen molar-refractivity contribution >= 4 is 5.91 Å². The van der Waals surface area contributed by atoms with E-state index in [0.717, 1.165) is 25.7 Å². The number of nitrogens with one attached hydrogen (secondary N) is 1. The number of nitrogens with zero attached hydrogens (tertiary/aromatic N) is 4. The second-order valence-corrected chi connectivity index (χ2v) is 5.84. The van der Waals surface area contributed by atoms with Crippen LogP contribution in [0, 0.1) is 5.92 Å². The second-order valence-electron chi connectivity index (χ2n) is 5.84. The molecule has 1 heterocycles. The lowest BCUT2D eigenvalue weighted by Crippen LogP contribution is -2.35. The highest BCUT2D eigenvalue weighted by Gasteiger charge is 2.21. The van der Waals surface area contributed by atoms with Crippen molar-refractivity contribution in [3.05, 3.63) is 5.82 Å². The van der Waals surface area contributed by atoms with Crippen LogP contribution in [0.15, 0.2) is 0 Å². The molecule has 2 unspecified atom stereocenters. The summed E-state index contributed by atoms with van der Waals surface area (Å²) in [5, 5.41) is 23.9. The Bertz CT molecular complexity index is 446. The molecule has 0 aromatic carbocycles. The number of aromatic nitrogens is 4. The molecule has 20 heavy (non-hydrogen) atoms. The Morgan fingerprint density at radius 3 is 3.00 bits per heavy atom. The van der Waals surface area contributed by atoms with Crippen LogP contribution in [0.5, 0.6) is 0 Å². The van der Waals surface area contributed by atoms with Gasteiger partial charge in [0.1, 0.15) is 6.54 Å². The number of carbonyl (C=O) groups excluding carboxylic acids is 1. The molecule has 0 saturated heterocycles. The first-order valence-electron chi connectivity index (χ1n) is 7.27. The third-order valence-corrected chi connectivity index (χ3v) is 3.71. The van der Waals surface area contributed by atoms with E-state index in [1.54, 1.807) is 0 Å². The second kappa shape index (κ2) is 6.78. The van der Waals surface area contributed by atoms with Gasteiger partial charge in [0.05, 0.1) is 6.10 Å². The van der Waals surface area contributed by atoms with E-state index >= 15 is 0 Å². The van der Waals surface area contributed by atoms with E-state index in [9.17, 15) is 9.90 Å². The lowest BCUT2D eigenvalue weighted by molar-refractivity contribution is -0.122. The topological polar surface area (TPSA) is 92.9 Å². The first kappa shape index (κ1) is 14.9. The Morgan fingerprint density at radius 2 is 2.30 bits per heavy atom. The molecule has 1 fully saturated rings. The maximum absolute atomic E-state index is 11.9. The minimum Gasteiger partial charge on any atom is -0.393 e. The summed E-state index contributed by atoms with van der Waals surface area (Å²) in [7, 11) is 0. The van der Waals surface area contributed by atoms with Crippen molar-refractivity contribution in [1.29, 1.82) is 0 Å². The molecule has 112 valence electrons. The first-order chi connectivity index (χ1) is 9.56. The fraction of sp³-hybridized carbons (Fsp3) is 0.846. The fourth-order valence-electron chi connectivity index (χ4n) is 2.64. The molecule has 1 aliphatic carbocycles. The molecular formula is C13H23N5O2. The van der Waals surface area contributed by atoms with Crippen molar-refractivity contribution in [1.82, 2.24) is 25.5 Å². The lowest BCUT2D eigenvalue weighted by atomic mass is 9.87. The molecular weight excluding hydrogens is 258 g/mol. The zero-order valence-corrected chi connectivity index (χ0v) is 12.1. The zero-order chi connectivity index (χ0) is 14.5. The monoisotopic (exact) mass is 281 g/mol. The molecule has 7 nitrogen and oxygen atoms in total. The Morgan fingerprint density at radius 1 is 1.50 bits per heavy atom. The predicted octanol–water partition coefficient (Wildman–Crippen LogP) is 0.464.